The minimum atomic E-state index is 0.118. The predicted molar refractivity (Wildman–Crippen MR) is 75.0 cm³/mol. The molecule has 0 aromatic heterocycles. The van der Waals surface area contributed by atoms with Crippen molar-refractivity contribution in [1.82, 2.24) is 0 Å². The lowest BCUT2D eigenvalue weighted by molar-refractivity contribution is 0.373. The van der Waals surface area contributed by atoms with Crippen LogP contribution in [-0.2, 0) is 6.54 Å². The number of hydrogen-bond donors (Lipinski definition) is 2. The van der Waals surface area contributed by atoms with E-state index in [0.717, 1.165) is 17.0 Å². The van der Waals surface area contributed by atoms with E-state index in [-0.39, 0.29) is 5.75 Å². The normalized spacial score (nSPS) is 10.0. The van der Waals surface area contributed by atoms with Crippen LogP contribution in [0.5, 0.6) is 17.2 Å². The standard InChI is InChI=1S/C15H17NO3/c1-18-14-6-4-3-5-11(14)10-16-12-7-8-15(19-2)13(17)9-12/h3-9,16-17H,10H2,1-2H3. The van der Waals surface area contributed by atoms with Gasteiger partial charge in [0, 0.05) is 23.9 Å². The molecule has 0 atom stereocenters. The number of anilines is 1. The zero-order valence-electron chi connectivity index (χ0n) is 11.0. The maximum atomic E-state index is 9.70. The lowest BCUT2D eigenvalue weighted by Gasteiger charge is -2.11. The summed E-state index contributed by atoms with van der Waals surface area (Å²) in [5.41, 5.74) is 1.88. The summed E-state index contributed by atoms with van der Waals surface area (Å²) in [6.07, 6.45) is 0. The lowest BCUT2D eigenvalue weighted by Crippen LogP contribution is -2.01. The van der Waals surface area contributed by atoms with Gasteiger partial charge in [-0.3, -0.25) is 0 Å². The molecule has 0 saturated carbocycles. The van der Waals surface area contributed by atoms with Gasteiger partial charge in [-0.25, -0.2) is 0 Å². The molecule has 0 aliphatic heterocycles. The SMILES string of the molecule is COc1ccc(NCc2ccccc2OC)cc1O. The molecule has 100 valence electrons. The van der Waals surface area contributed by atoms with Gasteiger partial charge in [-0.05, 0) is 18.2 Å². The summed E-state index contributed by atoms with van der Waals surface area (Å²) < 4.78 is 10.3. The van der Waals surface area contributed by atoms with E-state index in [2.05, 4.69) is 5.32 Å². The molecule has 0 fully saturated rings. The van der Waals surface area contributed by atoms with E-state index in [1.54, 1.807) is 19.2 Å². The fourth-order valence-electron chi connectivity index (χ4n) is 1.85. The molecule has 0 heterocycles. The molecule has 0 radical (unpaired) electrons. The van der Waals surface area contributed by atoms with Gasteiger partial charge in [0.15, 0.2) is 11.5 Å². The average Bonchev–Trinajstić information content (AvgIpc) is 2.45. The van der Waals surface area contributed by atoms with Gasteiger partial charge in [0.1, 0.15) is 5.75 Å². The van der Waals surface area contributed by atoms with Crippen LogP contribution in [0, 0.1) is 0 Å². The monoisotopic (exact) mass is 259 g/mol. The smallest absolute Gasteiger partial charge is 0.160 e. The van der Waals surface area contributed by atoms with E-state index in [0.29, 0.717) is 12.3 Å². The number of para-hydroxylation sites is 1. The van der Waals surface area contributed by atoms with E-state index in [1.807, 2.05) is 30.3 Å². The molecular weight excluding hydrogens is 242 g/mol. The van der Waals surface area contributed by atoms with Gasteiger partial charge in [-0.2, -0.15) is 0 Å². The molecule has 0 unspecified atom stereocenters. The summed E-state index contributed by atoms with van der Waals surface area (Å²) in [7, 11) is 3.18. The number of hydrogen-bond acceptors (Lipinski definition) is 4. The molecule has 2 rings (SSSR count). The first-order valence-corrected chi connectivity index (χ1v) is 5.97. The maximum absolute atomic E-state index is 9.70. The molecule has 4 heteroatoms. The topological polar surface area (TPSA) is 50.7 Å². The zero-order chi connectivity index (χ0) is 13.7. The van der Waals surface area contributed by atoms with Crippen molar-refractivity contribution in [3.05, 3.63) is 48.0 Å². The molecule has 0 amide bonds. The van der Waals surface area contributed by atoms with Crippen LogP contribution in [0.3, 0.4) is 0 Å². The number of phenolic OH excluding ortho intramolecular Hbond substituents is 1. The van der Waals surface area contributed by atoms with Crippen LogP contribution in [0.15, 0.2) is 42.5 Å². The number of ether oxygens (including phenoxy) is 2. The first kappa shape index (κ1) is 13.1. The summed E-state index contributed by atoms with van der Waals surface area (Å²) in [6, 6.07) is 13.0. The highest BCUT2D eigenvalue weighted by molar-refractivity contribution is 5.54. The van der Waals surface area contributed by atoms with Crippen LogP contribution >= 0.6 is 0 Å². The molecule has 0 bridgehead atoms. The Balaban J connectivity index is 2.08. The zero-order valence-corrected chi connectivity index (χ0v) is 11.0. The van der Waals surface area contributed by atoms with Crippen molar-refractivity contribution in [3.63, 3.8) is 0 Å². The quantitative estimate of drug-likeness (QED) is 0.866. The Bertz CT molecular complexity index is 555. The first-order valence-electron chi connectivity index (χ1n) is 5.97. The van der Waals surface area contributed by atoms with Crippen LogP contribution in [0.1, 0.15) is 5.56 Å². The van der Waals surface area contributed by atoms with Gasteiger partial charge in [0.25, 0.3) is 0 Å². The number of aromatic hydroxyl groups is 1. The van der Waals surface area contributed by atoms with Crippen molar-refractivity contribution >= 4 is 5.69 Å². The van der Waals surface area contributed by atoms with Gasteiger partial charge in [-0.15, -0.1) is 0 Å². The Morgan fingerprint density at radius 3 is 2.42 bits per heavy atom. The largest absolute Gasteiger partial charge is 0.504 e. The summed E-state index contributed by atoms with van der Waals surface area (Å²) >= 11 is 0. The molecule has 0 aliphatic rings. The minimum absolute atomic E-state index is 0.118. The Labute approximate surface area is 112 Å². The second-order valence-corrected chi connectivity index (χ2v) is 4.05. The van der Waals surface area contributed by atoms with Crippen molar-refractivity contribution in [2.45, 2.75) is 6.54 Å². The summed E-state index contributed by atoms with van der Waals surface area (Å²) in [6.45, 7) is 0.621. The molecule has 2 aromatic carbocycles. The van der Waals surface area contributed by atoms with Crippen LogP contribution in [0.25, 0.3) is 0 Å². The van der Waals surface area contributed by atoms with Crippen molar-refractivity contribution in [1.29, 1.82) is 0 Å². The van der Waals surface area contributed by atoms with E-state index in [1.165, 1.54) is 7.11 Å². The molecule has 4 nitrogen and oxygen atoms in total. The molecule has 0 saturated heterocycles. The van der Waals surface area contributed by atoms with E-state index < -0.39 is 0 Å². The third kappa shape index (κ3) is 3.10. The van der Waals surface area contributed by atoms with Crippen LogP contribution in [0.4, 0.5) is 5.69 Å². The van der Waals surface area contributed by atoms with Gasteiger partial charge < -0.3 is 19.9 Å². The van der Waals surface area contributed by atoms with Crippen molar-refractivity contribution in [3.8, 4) is 17.2 Å². The summed E-state index contributed by atoms with van der Waals surface area (Å²) in [4.78, 5) is 0. The fourth-order valence-corrected chi connectivity index (χ4v) is 1.85. The van der Waals surface area contributed by atoms with Crippen molar-refractivity contribution in [2.24, 2.45) is 0 Å². The molecule has 2 aromatic rings. The van der Waals surface area contributed by atoms with Gasteiger partial charge >= 0.3 is 0 Å². The van der Waals surface area contributed by atoms with Crippen molar-refractivity contribution < 1.29 is 14.6 Å². The van der Waals surface area contributed by atoms with E-state index in [9.17, 15) is 5.11 Å². The van der Waals surface area contributed by atoms with E-state index >= 15 is 0 Å². The average molecular weight is 259 g/mol. The number of rotatable bonds is 5. The minimum Gasteiger partial charge on any atom is -0.504 e. The number of nitrogens with one attached hydrogen (secondary N) is 1. The lowest BCUT2D eigenvalue weighted by atomic mass is 10.2. The molecule has 0 aliphatic carbocycles. The van der Waals surface area contributed by atoms with Gasteiger partial charge in [0.2, 0.25) is 0 Å². The second kappa shape index (κ2) is 6.00. The number of phenols is 1. The third-order valence-corrected chi connectivity index (χ3v) is 2.85. The number of benzene rings is 2. The summed E-state index contributed by atoms with van der Waals surface area (Å²) in [5, 5.41) is 12.9. The Morgan fingerprint density at radius 2 is 1.74 bits per heavy atom. The summed E-state index contributed by atoms with van der Waals surface area (Å²) in [5.74, 6) is 1.42. The highest BCUT2D eigenvalue weighted by atomic mass is 16.5. The van der Waals surface area contributed by atoms with Crippen LogP contribution in [-0.4, -0.2) is 19.3 Å². The number of methoxy groups -OCH3 is 2. The Morgan fingerprint density at radius 1 is 1.00 bits per heavy atom. The van der Waals surface area contributed by atoms with E-state index in [4.69, 9.17) is 9.47 Å². The van der Waals surface area contributed by atoms with Gasteiger partial charge in [0.05, 0.1) is 14.2 Å². The van der Waals surface area contributed by atoms with Crippen molar-refractivity contribution in [2.75, 3.05) is 19.5 Å². The maximum Gasteiger partial charge on any atom is 0.160 e. The molecular formula is C15H17NO3. The van der Waals surface area contributed by atoms with Crippen LogP contribution < -0.4 is 14.8 Å². The third-order valence-electron chi connectivity index (χ3n) is 2.85. The molecule has 19 heavy (non-hydrogen) atoms. The Kier molecular flexibility index (Phi) is 4.13. The molecule has 2 N–H and O–H groups in total. The predicted octanol–water partition coefficient (Wildman–Crippen LogP) is 3.02. The molecule has 0 spiro atoms. The fraction of sp³-hybridized carbons (Fsp3) is 0.200. The Hall–Kier alpha value is -2.36. The highest BCUT2D eigenvalue weighted by Gasteiger charge is 2.04. The highest BCUT2D eigenvalue weighted by Crippen LogP contribution is 2.29. The van der Waals surface area contributed by atoms with Gasteiger partial charge in [-0.1, -0.05) is 18.2 Å². The first-order chi connectivity index (χ1) is 9.24. The van der Waals surface area contributed by atoms with Crippen LogP contribution in [0.2, 0.25) is 0 Å². The second-order valence-electron chi connectivity index (χ2n) is 4.05.